The Morgan fingerprint density at radius 2 is 1.91 bits per heavy atom. The van der Waals surface area contributed by atoms with Gasteiger partial charge in [0.25, 0.3) is 0 Å². The lowest BCUT2D eigenvalue weighted by Gasteiger charge is -2.07. The molecule has 0 atom stereocenters. The van der Waals surface area contributed by atoms with E-state index in [4.69, 9.17) is 0 Å². The fourth-order valence-electron chi connectivity index (χ4n) is 0.236. The van der Waals surface area contributed by atoms with E-state index in [-0.39, 0.29) is 6.79 Å². The lowest BCUT2D eigenvalue weighted by Crippen LogP contribution is -2.25. The Bertz CT molecular complexity index is 97.1. The Kier molecular flexibility index (Phi) is 5.12. The van der Waals surface area contributed by atoms with Gasteiger partial charge in [-0.1, -0.05) is 5.64 Å². The van der Waals surface area contributed by atoms with Crippen molar-refractivity contribution in [3.05, 3.63) is 0 Å². The molecule has 0 spiro atoms. The van der Waals surface area contributed by atoms with E-state index in [1.165, 1.54) is 7.11 Å². The van der Waals surface area contributed by atoms with Crippen molar-refractivity contribution < 1.29 is 27.6 Å². The summed E-state index contributed by atoms with van der Waals surface area (Å²) in [4.78, 5) is 8.01. The fraction of sp³-hybridized carbons (Fsp3) is 1.00. The van der Waals surface area contributed by atoms with Gasteiger partial charge < -0.3 is 4.74 Å². The highest BCUT2D eigenvalue weighted by Crippen LogP contribution is 2.13. The molecule has 0 rings (SSSR count). The summed E-state index contributed by atoms with van der Waals surface area (Å²) in [5, 5.41) is 0. The summed E-state index contributed by atoms with van der Waals surface area (Å²) in [7, 11) is 1.32. The standard InChI is InChI=1S/C4H8F3NO3/c1-9-3-11-8-10-2-4(5,6)7/h8H,2-3H2,1H3. The lowest BCUT2D eigenvalue weighted by molar-refractivity contribution is -0.263. The van der Waals surface area contributed by atoms with Gasteiger partial charge >= 0.3 is 6.18 Å². The summed E-state index contributed by atoms with van der Waals surface area (Å²) >= 11 is 0. The quantitative estimate of drug-likeness (QED) is 0.377. The SMILES string of the molecule is COCONOCC(F)(F)F. The van der Waals surface area contributed by atoms with E-state index >= 15 is 0 Å². The van der Waals surface area contributed by atoms with Gasteiger partial charge in [0, 0.05) is 7.11 Å². The van der Waals surface area contributed by atoms with Crippen LogP contribution >= 0.6 is 0 Å². The molecule has 0 saturated carbocycles. The molecule has 0 aliphatic carbocycles. The third-order valence-electron chi connectivity index (χ3n) is 0.530. The molecule has 11 heavy (non-hydrogen) atoms. The number of rotatable bonds is 5. The second kappa shape index (κ2) is 5.30. The number of halogens is 3. The maximum absolute atomic E-state index is 11.3. The van der Waals surface area contributed by atoms with Gasteiger partial charge in [-0.15, -0.1) is 0 Å². The number of hydrogen-bond donors (Lipinski definition) is 1. The Morgan fingerprint density at radius 1 is 1.27 bits per heavy atom. The summed E-state index contributed by atoms with van der Waals surface area (Å²) < 4.78 is 38.3. The maximum Gasteiger partial charge on any atom is 0.413 e. The largest absolute Gasteiger partial charge is 0.413 e. The van der Waals surface area contributed by atoms with Gasteiger partial charge in [0.2, 0.25) is 0 Å². The predicted molar refractivity (Wildman–Crippen MR) is 28.1 cm³/mol. The number of hydrogen-bond acceptors (Lipinski definition) is 4. The summed E-state index contributed by atoms with van der Waals surface area (Å²) in [6, 6.07) is 0. The molecule has 0 heterocycles. The first-order valence-corrected chi connectivity index (χ1v) is 2.60. The van der Waals surface area contributed by atoms with Crippen LogP contribution in [0.2, 0.25) is 0 Å². The molecular weight excluding hydrogens is 167 g/mol. The van der Waals surface area contributed by atoms with Crippen molar-refractivity contribution in [1.82, 2.24) is 5.64 Å². The molecule has 0 unspecified atom stereocenters. The van der Waals surface area contributed by atoms with Crippen LogP contribution in [-0.4, -0.2) is 26.7 Å². The van der Waals surface area contributed by atoms with Crippen molar-refractivity contribution in [3.8, 4) is 0 Å². The molecule has 68 valence electrons. The van der Waals surface area contributed by atoms with Gasteiger partial charge in [0.15, 0.2) is 13.4 Å². The summed E-state index contributed by atoms with van der Waals surface area (Å²) in [5.74, 6) is 0. The Hall–Kier alpha value is -0.370. The van der Waals surface area contributed by atoms with Gasteiger partial charge in [0.05, 0.1) is 0 Å². The van der Waals surface area contributed by atoms with Gasteiger partial charge in [-0.05, 0) is 0 Å². The third kappa shape index (κ3) is 9.63. The van der Waals surface area contributed by atoms with E-state index in [1.54, 1.807) is 5.64 Å². The van der Waals surface area contributed by atoms with E-state index < -0.39 is 12.8 Å². The van der Waals surface area contributed by atoms with Crippen LogP contribution in [0.1, 0.15) is 0 Å². The molecule has 0 fully saturated rings. The van der Waals surface area contributed by atoms with Crippen molar-refractivity contribution in [2.24, 2.45) is 0 Å². The summed E-state index contributed by atoms with van der Waals surface area (Å²) in [5.41, 5.74) is 1.60. The molecular formula is C4H8F3NO3. The second-order valence-electron chi connectivity index (χ2n) is 1.54. The smallest absolute Gasteiger partial charge is 0.357 e. The highest BCUT2D eigenvalue weighted by atomic mass is 19.4. The van der Waals surface area contributed by atoms with Crippen LogP contribution in [-0.2, 0) is 14.4 Å². The Morgan fingerprint density at radius 3 is 2.36 bits per heavy atom. The molecule has 0 saturated heterocycles. The first-order valence-electron chi connectivity index (χ1n) is 2.60. The molecule has 0 aromatic rings. The van der Waals surface area contributed by atoms with Crippen molar-refractivity contribution in [2.75, 3.05) is 20.5 Å². The van der Waals surface area contributed by atoms with Crippen molar-refractivity contribution in [2.45, 2.75) is 6.18 Å². The van der Waals surface area contributed by atoms with Crippen molar-refractivity contribution in [3.63, 3.8) is 0 Å². The molecule has 1 N–H and O–H groups in total. The van der Waals surface area contributed by atoms with Crippen LogP contribution in [0.25, 0.3) is 0 Å². The van der Waals surface area contributed by atoms with Crippen molar-refractivity contribution >= 4 is 0 Å². The Balaban J connectivity index is 3.02. The highest BCUT2D eigenvalue weighted by molar-refractivity contribution is 4.41. The summed E-state index contributed by atoms with van der Waals surface area (Å²) in [6.45, 7) is -1.59. The topological polar surface area (TPSA) is 39.7 Å². The van der Waals surface area contributed by atoms with Gasteiger partial charge in [-0.2, -0.15) is 13.2 Å². The summed E-state index contributed by atoms with van der Waals surface area (Å²) in [6.07, 6.45) is -4.36. The lowest BCUT2D eigenvalue weighted by atomic mass is 10.7. The minimum atomic E-state index is -4.36. The zero-order valence-corrected chi connectivity index (χ0v) is 5.77. The minimum Gasteiger partial charge on any atom is -0.357 e. The first-order chi connectivity index (χ1) is 5.06. The monoisotopic (exact) mass is 175 g/mol. The third-order valence-corrected chi connectivity index (χ3v) is 0.530. The minimum absolute atomic E-state index is 0.183. The van der Waals surface area contributed by atoms with Crippen molar-refractivity contribution in [1.29, 1.82) is 0 Å². The zero-order valence-electron chi connectivity index (χ0n) is 5.77. The van der Waals surface area contributed by atoms with Gasteiger partial charge in [-0.3, -0.25) is 4.84 Å². The average molecular weight is 175 g/mol. The molecule has 0 radical (unpaired) electrons. The van der Waals surface area contributed by atoms with E-state index in [9.17, 15) is 13.2 Å². The molecule has 4 nitrogen and oxygen atoms in total. The van der Waals surface area contributed by atoms with E-state index in [0.717, 1.165) is 0 Å². The number of nitrogens with one attached hydrogen (secondary N) is 1. The fourth-order valence-corrected chi connectivity index (χ4v) is 0.236. The molecule has 7 heteroatoms. The van der Waals surface area contributed by atoms with Crippen LogP contribution < -0.4 is 5.64 Å². The normalized spacial score (nSPS) is 12.0. The van der Waals surface area contributed by atoms with E-state index in [2.05, 4.69) is 14.4 Å². The predicted octanol–water partition coefficient (Wildman–Crippen LogP) is 0.605. The molecule has 0 aromatic heterocycles. The first kappa shape index (κ1) is 10.6. The molecule has 0 amide bonds. The zero-order chi connectivity index (χ0) is 8.74. The number of ether oxygens (including phenoxy) is 1. The van der Waals surface area contributed by atoms with Crippen LogP contribution in [0, 0.1) is 0 Å². The van der Waals surface area contributed by atoms with E-state index in [1.807, 2.05) is 0 Å². The highest BCUT2D eigenvalue weighted by Gasteiger charge is 2.27. The molecule has 0 aromatic carbocycles. The molecule has 0 bridgehead atoms. The number of alkyl halides is 3. The second-order valence-corrected chi connectivity index (χ2v) is 1.54. The maximum atomic E-state index is 11.3. The number of methoxy groups -OCH3 is 1. The molecule has 0 aliphatic heterocycles. The Labute approximate surface area is 61.1 Å². The molecule has 0 aliphatic rings. The van der Waals surface area contributed by atoms with Crippen LogP contribution in [0.5, 0.6) is 0 Å². The van der Waals surface area contributed by atoms with Crippen LogP contribution in [0.4, 0.5) is 13.2 Å². The average Bonchev–Trinajstić information content (AvgIpc) is 1.85. The van der Waals surface area contributed by atoms with E-state index in [0.29, 0.717) is 0 Å². The van der Waals surface area contributed by atoms with Crippen LogP contribution in [0.15, 0.2) is 0 Å². The van der Waals surface area contributed by atoms with Crippen LogP contribution in [0.3, 0.4) is 0 Å². The van der Waals surface area contributed by atoms with Gasteiger partial charge in [0.1, 0.15) is 0 Å². The van der Waals surface area contributed by atoms with Gasteiger partial charge in [-0.25, -0.2) is 4.84 Å².